The maximum atomic E-state index is 12.9. The predicted molar refractivity (Wildman–Crippen MR) is 114 cm³/mol. The Labute approximate surface area is 177 Å². The molecule has 6 heteroatoms. The minimum atomic E-state index is -0.142. The van der Waals surface area contributed by atoms with Gasteiger partial charge in [-0.3, -0.25) is 14.3 Å². The fourth-order valence-electron chi connectivity index (χ4n) is 4.51. The number of rotatable bonds is 1. The average molecular weight is 414 g/mol. The molecule has 1 aliphatic carbocycles. The molecule has 5 nitrogen and oxygen atoms in total. The first-order valence-electron chi connectivity index (χ1n) is 10.3. The summed E-state index contributed by atoms with van der Waals surface area (Å²) in [7, 11) is 0. The Morgan fingerprint density at radius 2 is 1.86 bits per heavy atom. The van der Waals surface area contributed by atoms with Crippen molar-refractivity contribution in [1.29, 1.82) is 0 Å². The van der Waals surface area contributed by atoms with Gasteiger partial charge in [-0.05, 0) is 76.1 Å². The Balaban J connectivity index is 1.49. The molecule has 0 saturated carbocycles. The van der Waals surface area contributed by atoms with Crippen molar-refractivity contribution in [3.63, 3.8) is 0 Å². The molecule has 1 saturated heterocycles. The number of ketones is 1. The van der Waals surface area contributed by atoms with Crippen molar-refractivity contribution in [3.05, 3.63) is 51.8 Å². The summed E-state index contributed by atoms with van der Waals surface area (Å²) < 4.78 is 1.91. The lowest BCUT2D eigenvalue weighted by Crippen LogP contribution is -2.46. The number of halogens is 1. The minimum absolute atomic E-state index is 0.0444. The Hall–Kier alpha value is -2.14. The second-order valence-electron chi connectivity index (χ2n) is 9.65. The van der Waals surface area contributed by atoms with Crippen LogP contribution in [0.2, 0.25) is 5.02 Å². The lowest BCUT2D eigenvalue weighted by molar-refractivity contribution is 0.0520. The number of benzene rings is 1. The molecule has 0 radical (unpaired) electrons. The first kappa shape index (κ1) is 20.1. The van der Waals surface area contributed by atoms with Crippen molar-refractivity contribution in [2.24, 2.45) is 5.41 Å². The van der Waals surface area contributed by atoms with Gasteiger partial charge in [0.2, 0.25) is 0 Å². The maximum absolute atomic E-state index is 12.9. The molecule has 0 N–H and O–H groups in total. The first-order chi connectivity index (χ1) is 13.6. The molecule has 1 spiro atoms. The summed E-state index contributed by atoms with van der Waals surface area (Å²) in [6.45, 7) is 9.54. The zero-order valence-electron chi connectivity index (χ0n) is 17.6. The highest BCUT2D eigenvalue weighted by Crippen LogP contribution is 2.43. The number of fused-ring (bicyclic) bond motifs is 1. The van der Waals surface area contributed by atoms with Crippen molar-refractivity contribution >= 4 is 23.3 Å². The van der Waals surface area contributed by atoms with Crippen LogP contribution in [0.4, 0.5) is 0 Å². The zero-order valence-corrected chi connectivity index (χ0v) is 18.3. The fraction of sp³-hybridized carbons (Fsp3) is 0.522. The quantitative estimate of drug-likeness (QED) is 0.683. The number of likely N-dealkylation sites (tertiary alicyclic amines) is 1. The molecule has 4 rings (SSSR count). The van der Waals surface area contributed by atoms with Crippen LogP contribution in [0.1, 0.15) is 72.0 Å². The highest BCUT2D eigenvalue weighted by molar-refractivity contribution is 6.31. The van der Waals surface area contributed by atoms with Gasteiger partial charge in [0.15, 0.2) is 5.78 Å². The van der Waals surface area contributed by atoms with Crippen molar-refractivity contribution in [1.82, 2.24) is 14.7 Å². The molecule has 1 amide bonds. The molecule has 0 unspecified atom stereocenters. The second-order valence-corrected chi connectivity index (χ2v) is 10.1. The number of carbonyl (C=O) groups excluding carboxylic acids is 2. The average Bonchev–Trinajstić information content (AvgIpc) is 3.09. The Kier molecular flexibility index (Phi) is 4.85. The summed E-state index contributed by atoms with van der Waals surface area (Å²) in [5.74, 6) is 0.186. The molecule has 29 heavy (non-hydrogen) atoms. The van der Waals surface area contributed by atoms with E-state index in [1.807, 2.05) is 28.8 Å². The highest BCUT2D eigenvalue weighted by Gasteiger charge is 2.43. The number of nitrogens with zero attached hydrogens (tertiary/aromatic N) is 3. The molecule has 0 bridgehead atoms. The van der Waals surface area contributed by atoms with E-state index in [-0.39, 0.29) is 22.6 Å². The van der Waals surface area contributed by atoms with Crippen molar-refractivity contribution in [2.75, 3.05) is 13.1 Å². The van der Waals surface area contributed by atoms with Crippen LogP contribution in [-0.4, -0.2) is 39.5 Å². The van der Waals surface area contributed by atoms with E-state index in [4.69, 9.17) is 11.6 Å². The molecule has 1 aromatic carbocycles. The third kappa shape index (κ3) is 3.73. The minimum Gasteiger partial charge on any atom is -0.339 e. The smallest absolute Gasteiger partial charge is 0.253 e. The van der Waals surface area contributed by atoms with Gasteiger partial charge in [-0.1, -0.05) is 11.6 Å². The van der Waals surface area contributed by atoms with Gasteiger partial charge in [-0.25, -0.2) is 0 Å². The van der Waals surface area contributed by atoms with Crippen LogP contribution >= 0.6 is 11.6 Å². The van der Waals surface area contributed by atoms with Crippen molar-refractivity contribution in [2.45, 2.75) is 58.9 Å². The van der Waals surface area contributed by atoms with Crippen LogP contribution in [0.25, 0.3) is 0 Å². The van der Waals surface area contributed by atoms with E-state index in [1.165, 1.54) is 0 Å². The van der Waals surface area contributed by atoms with E-state index < -0.39 is 0 Å². The third-order valence-corrected chi connectivity index (χ3v) is 6.78. The summed E-state index contributed by atoms with van der Waals surface area (Å²) in [6.07, 6.45) is 5.13. The number of Topliss-reactive ketones (excluding diaryl/α,β-unsaturated/α-hetero) is 1. The summed E-state index contributed by atoms with van der Waals surface area (Å²) in [5, 5.41) is 5.24. The number of amides is 1. The standard InChI is InChI=1S/C23H28ClN3O2/c1-15-11-16(5-6-18(15)24)21(29)26-9-7-23(8-10-26)12-17-14-27(22(2,3)4)25-20(17)19(28)13-23/h5-6,11,14H,7-10,12-13H2,1-4H3. The van der Waals surface area contributed by atoms with Crippen LogP contribution in [0.5, 0.6) is 0 Å². The largest absolute Gasteiger partial charge is 0.339 e. The molecule has 0 atom stereocenters. The van der Waals surface area contributed by atoms with Gasteiger partial charge in [-0.2, -0.15) is 5.10 Å². The van der Waals surface area contributed by atoms with E-state index >= 15 is 0 Å². The third-order valence-electron chi connectivity index (χ3n) is 6.36. The Bertz CT molecular complexity index is 978. The van der Waals surface area contributed by atoms with E-state index in [0.29, 0.717) is 35.8 Å². The molecule has 1 fully saturated rings. The molecule has 2 heterocycles. The number of carbonyl (C=O) groups is 2. The molecular weight excluding hydrogens is 386 g/mol. The Morgan fingerprint density at radius 3 is 2.48 bits per heavy atom. The maximum Gasteiger partial charge on any atom is 0.253 e. The molecular formula is C23H28ClN3O2. The van der Waals surface area contributed by atoms with Gasteiger partial charge in [0.05, 0.1) is 5.54 Å². The molecule has 1 aromatic heterocycles. The van der Waals surface area contributed by atoms with Gasteiger partial charge in [0, 0.05) is 41.9 Å². The van der Waals surface area contributed by atoms with E-state index in [0.717, 1.165) is 30.4 Å². The molecule has 154 valence electrons. The SMILES string of the molecule is Cc1cc(C(=O)N2CCC3(CC2)CC(=O)c2nn(C(C)(C)C)cc2C3)ccc1Cl. The van der Waals surface area contributed by atoms with Crippen LogP contribution in [-0.2, 0) is 12.0 Å². The first-order valence-corrected chi connectivity index (χ1v) is 10.6. The van der Waals surface area contributed by atoms with Crippen LogP contribution < -0.4 is 0 Å². The van der Waals surface area contributed by atoms with Gasteiger partial charge in [0.25, 0.3) is 5.91 Å². The Morgan fingerprint density at radius 1 is 1.17 bits per heavy atom. The topological polar surface area (TPSA) is 55.2 Å². The molecule has 2 aliphatic rings. The lowest BCUT2D eigenvalue weighted by Gasteiger charge is -2.43. The number of aromatic nitrogens is 2. The number of aryl methyl sites for hydroxylation is 1. The van der Waals surface area contributed by atoms with E-state index in [2.05, 4.69) is 25.9 Å². The van der Waals surface area contributed by atoms with E-state index in [1.54, 1.807) is 12.1 Å². The van der Waals surface area contributed by atoms with Gasteiger partial charge < -0.3 is 4.90 Å². The van der Waals surface area contributed by atoms with Crippen molar-refractivity contribution in [3.8, 4) is 0 Å². The summed E-state index contributed by atoms with van der Waals surface area (Å²) in [4.78, 5) is 27.7. The fourth-order valence-corrected chi connectivity index (χ4v) is 4.62. The van der Waals surface area contributed by atoms with Crippen LogP contribution in [0.15, 0.2) is 24.4 Å². The van der Waals surface area contributed by atoms with Gasteiger partial charge >= 0.3 is 0 Å². The number of hydrogen-bond acceptors (Lipinski definition) is 3. The van der Waals surface area contributed by atoms with Crippen LogP contribution in [0.3, 0.4) is 0 Å². The summed E-state index contributed by atoms with van der Waals surface area (Å²) >= 11 is 6.09. The normalized spacial score (nSPS) is 18.8. The zero-order chi connectivity index (χ0) is 21.0. The summed E-state index contributed by atoms with van der Waals surface area (Å²) in [6, 6.07) is 5.43. The van der Waals surface area contributed by atoms with Gasteiger partial charge in [-0.15, -0.1) is 0 Å². The van der Waals surface area contributed by atoms with Crippen LogP contribution in [0, 0.1) is 12.3 Å². The predicted octanol–water partition coefficient (Wildman–Crippen LogP) is 4.65. The number of hydrogen-bond donors (Lipinski definition) is 0. The summed E-state index contributed by atoms with van der Waals surface area (Å²) in [5.41, 5.74) is 3.09. The van der Waals surface area contributed by atoms with Gasteiger partial charge in [0.1, 0.15) is 5.69 Å². The van der Waals surface area contributed by atoms with E-state index in [9.17, 15) is 9.59 Å². The highest BCUT2D eigenvalue weighted by atomic mass is 35.5. The lowest BCUT2D eigenvalue weighted by atomic mass is 9.67. The molecule has 2 aromatic rings. The van der Waals surface area contributed by atoms with Crippen molar-refractivity contribution < 1.29 is 9.59 Å². The second kappa shape index (κ2) is 6.98. The monoisotopic (exact) mass is 413 g/mol. The number of piperidine rings is 1. The molecule has 1 aliphatic heterocycles.